The molecule has 20 heavy (non-hydrogen) atoms. The standard InChI is InChI=1S/C13H14ClF3N2O/c14-9-3-1-2-8(4-9)10-5-11(10)19-12(20)6-18-7-13(15,16)17/h1-4,10-11,18H,5-7H2,(H,19,20)/t10-,11+/m0/s1. The van der Waals surface area contributed by atoms with Crippen LogP contribution in [0.3, 0.4) is 0 Å². The summed E-state index contributed by atoms with van der Waals surface area (Å²) in [5, 5.41) is 5.39. The number of hydrogen-bond acceptors (Lipinski definition) is 2. The van der Waals surface area contributed by atoms with E-state index >= 15 is 0 Å². The number of carbonyl (C=O) groups is 1. The van der Waals surface area contributed by atoms with Gasteiger partial charge < -0.3 is 10.6 Å². The number of hydrogen-bond donors (Lipinski definition) is 2. The third-order valence-corrected chi connectivity index (χ3v) is 3.26. The van der Waals surface area contributed by atoms with Crippen LogP contribution in [0.25, 0.3) is 0 Å². The molecule has 1 amide bonds. The maximum Gasteiger partial charge on any atom is 0.401 e. The van der Waals surface area contributed by atoms with Crippen LogP contribution in [0.5, 0.6) is 0 Å². The van der Waals surface area contributed by atoms with Gasteiger partial charge in [-0.3, -0.25) is 4.79 Å². The van der Waals surface area contributed by atoms with E-state index in [1.165, 1.54) is 0 Å². The van der Waals surface area contributed by atoms with E-state index in [2.05, 4.69) is 10.6 Å². The van der Waals surface area contributed by atoms with Gasteiger partial charge in [0.15, 0.2) is 0 Å². The van der Waals surface area contributed by atoms with E-state index in [1.807, 2.05) is 18.2 Å². The van der Waals surface area contributed by atoms with Gasteiger partial charge in [-0.25, -0.2) is 0 Å². The summed E-state index contributed by atoms with van der Waals surface area (Å²) in [4.78, 5) is 11.5. The van der Waals surface area contributed by atoms with Crippen LogP contribution in [0, 0.1) is 0 Å². The van der Waals surface area contributed by atoms with Gasteiger partial charge in [0.2, 0.25) is 5.91 Å². The lowest BCUT2D eigenvalue weighted by Crippen LogP contribution is -2.39. The van der Waals surface area contributed by atoms with Crippen LogP contribution in [0.1, 0.15) is 17.9 Å². The molecule has 110 valence electrons. The molecule has 1 aliphatic rings. The van der Waals surface area contributed by atoms with Crippen molar-refractivity contribution in [3.8, 4) is 0 Å². The minimum atomic E-state index is -4.30. The highest BCUT2D eigenvalue weighted by molar-refractivity contribution is 6.30. The van der Waals surface area contributed by atoms with Crippen molar-refractivity contribution in [2.45, 2.75) is 24.6 Å². The molecule has 2 N–H and O–H groups in total. The van der Waals surface area contributed by atoms with E-state index in [9.17, 15) is 18.0 Å². The first-order valence-corrected chi connectivity index (χ1v) is 6.55. The molecule has 1 saturated carbocycles. The van der Waals surface area contributed by atoms with Crippen molar-refractivity contribution >= 4 is 17.5 Å². The molecule has 0 aliphatic heterocycles. The Labute approximate surface area is 119 Å². The predicted octanol–water partition coefficient (Wildman–Crippen LogP) is 2.46. The predicted molar refractivity (Wildman–Crippen MR) is 69.7 cm³/mol. The maximum absolute atomic E-state index is 11.9. The average molecular weight is 307 g/mol. The topological polar surface area (TPSA) is 41.1 Å². The van der Waals surface area contributed by atoms with E-state index in [0.29, 0.717) is 5.02 Å². The van der Waals surface area contributed by atoms with Crippen LogP contribution in [0.2, 0.25) is 5.02 Å². The Morgan fingerprint density at radius 2 is 2.15 bits per heavy atom. The fraction of sp³-hybridized carbons (Fsp3) is 0.462. The molecule has 0 radical (unpaired) electrons. The van der Waals surface area contributed by atoms with Crippen LogP contribution in [-0.4, -0.2) is 31.2 Å². The zero-order chi connectivity index (χ0) is 14.8. The second-order valence-corrected chi connectivity index (χ2v) is 5.23. The van der Waals surface area contributed by atoms with Crippen molar-refractivity contribution in [1.82, 2.24) is 10.6 Å². The molecular weight excluding hydrogens is 293 g/mol. The quantitative estimate of drug-likeness (QED) is 0.877. The molecule has 7 heteroatoms. The van der Waals surface area contributed by atoms with Crippen molar-refractivity contribution in [3.05, 3.63) is 34.9 Å². The number of alkyl halides is 3. The minimum absolute atomic E-state index is 0.0198. The first-order chi connectivity index (χ1) is 9.35. The van der Waals surface area contributed by atoms with Crippen LogP contribution in [0.15, 0.2) is 24.3 Å². The Bertz CT molecular complexity index is 493. The molecule has 1 aliphatic carbocycles. The molecule has 0 saturated heterocycles. The number of rotatable bonds is 5. The van der Waals surface area contributed by atoms with Crippen molar-refractivity contribution < 1.29 is 18.0 Å². The second-order valence-electron chi connectivity index (χ2n) is 4.79. The SMILES string of the molecule is O=C(CNCC(F)(F)F)N[C@@H]1C[C@H]1c1cccc(Cl)c1. The largest absolute Gasteiger partial charge is 0.401 e. The summed E-state index contributed by atoms with van der Waals surface area (Å²) in [7, 11) is 0. The highest BCUT2D eigenvalue weighted by Crippen LogP contribution is 2.41. The Balaban J connectivity index is 1.72. The molecular formula is C13H14ClF3N2O. The molecule has 2 rings (SSSR count). The zero-order valence-corrected chi connectivity index (χ0v) is 11.3. The van der Waals surface area contributed by atoms with Crippen LogP contribution in [0.4, 0.5) is 13.2 Å². The number of nitrogens with one attached hydrogen (secondary N) is 2. The number of carbonyl (C=O) groups excluding carboxylic acids is 1. The van der Waals surface area contributed by atoms with Gasteiger partial charge in [0, 0.05) is 17.0 Å². The van der Waals surface area contributed by atoms with Crippen molar-refractivity contribution in [2.75, 3.05) is 13.1 Å². The Hall–Kier alpha value is -1.27. The first-order valence-electron chi connectivity index (χ1n) is 6.17. The molecule has 0 spiro atoms. The van der Waals surface area contributed by atoms with Crippen molar-refractivity contribution in [2.24, 2.45) is 0 Å². The van der Waals surface area contributed by atoms with E-state index in [4.69, 9.17) is 11.6 Å². The summed E-state index contributed by atoms with van der Waals surface area (Å²) in [6.07, 6.45) is -3.52. The fourth-order valence-electron chi connectivity index (χ4n) is 2.04. The first kappa shape index (κ1) is 15.1. The normalized spacial score (nSPS) is 21.6. The van der Waals surface area contributed by atoms with Crippen LogP contribution in [-0.2, 0) is 4.79 Å². The van der Waals surface area contributed by atoms with Gasteiger partial charge in [0.25, 0.3) is 0 Å². The summed E-state index contributed by atoms with van der Waals surface area (Å²) in [6.45, 7) is -1.50. The van der Waals surface area contributed by atoms with E-state index in [0.717, 1.165) is 12.0 Å². The Morgan fingerprint density at radius 3 is 2.80 bits per heavy atom. The van der Waals surface area contributed by atoms with Gasteiger partial charge in [-0.15, -0.1) is 0 Å². The summed E-state index contributed by atoms with van der Waals surface area (Å²) < 4.78 is 35.7. The molecule has 0 aromatic heterocycles. The highest BCUT2D eigenvalue weighted by Gasteiger charge is 2.39. The molecule has 1 aromatic carbocycles. The number of amides is 1. The fourth-order valence-corrected chi connectivity index (χ4v) is 2.23. The average Bonchev–Trinajstić information content (AvgIpc) is 3.06. The van der Waals surface area contributed by atoms with E-state index in [-0.39, 0.29) is 18.5 Å². The molecule has 0 heterocycles. The Kier molecular flexibility index (Phi) is 4.55. The van der Waals surface area contributed by atoms with Gasteiger partial charge >= 0.3 is 6.18 Å². The van der Waals surface area contributed by atoms with Gasteiger partial charge in [0.1, 0.15) is 0 Å². The van der Waals surface area contributed by atoms with Gasteiger partial charge in [-0.2, -0.15) is 13.2 Å². The minimum Gasteiger partial charge on any atom is -0.352 e. The van der Waals surface area contributed by atoms with E-state index in [1.54, 1.807) is 6.07 Å². The molecule has 1 aromatic rings. The number of halogens is 4. The summed E-state index contributed by atoms with van der Waals surface area (Å²) in [5.41, 5.74) is 1.03. The number of benzene rings is 1. The van der Waals surface area contributed by atoms with Gasteiger partial charge in [0.05, 0.1) is 13.1 Å². The third kappa shape index (κ3) is 4.68. The third-order valence-electron chi connectivity index (χ3n) is 3.02. The van der Waals surface area contributed by atoms with Gasteiger partial charge in [-0.05, 0) is 24.1 Å². The smallest absolute Gasteiger partial charge is 0.352 e. The van der Waals surface area contributed by atoms with E-state index < -0.39 is 18.6 Å². The lowest BCUT2D eigenvalue weighted by Gasteiger charge is -2.08. The highest BCUT2D eigenvalue weighted by atomic mass is 35.5. The summed E-state index contributed by atoms with van der Waals surface area (Å²) in [5.74, 6) is -0.232. The molecule has 0 unspecified atom stereocenters. The van der Waals surface area contributed by atoms with Crippen LogP contribution < -0.4 is 10.6 Å². The van der Waals surface area contributed by atoms with Crippen molar-refractivity contribution in [1.29, 1.82) is 0 Å². The molecule has 0 bridgehead atoms. The maximum atomic E-state index is 11.9. The molecule has 3 nitrogen and oxygen atoms in total. The zero-order valence-electron chi connectivity index (χ0n) is 10.5. The summed E-state index contributed by atoms with van der Waals surface area (Å²) >= 11 is 5.88. The van der Waals surface area contributed by atoms with Gasteiger partial charge in [-0.1, -0.05) is 23.7 Å². The summed E-state index contributed by atoms with van der Waals surface area (Å²) in [6, 6.07) is 7.33. The second kappa shape index (κ2) is 6.01. The Morgan fingerprint density at radius 1 is 1.40 bits per heavy atom. The molecule has 2 atom stereocenters. The molecule has 1 fully saturated rings. The lowest BCUT2D eigenvalue weighted by atomic mass is 10.1. The lowest BCUT2D eigenvalue weighted by molar-refractivity contribution is -0.128. The van der Waals surface area contributed by atoms with Crippen molar-refractivity contribution in [3.63, 3.8) is 0 Å². The monoisotopic (exact) mass is 306 g/mol. The van der Waals surface area contributed by atoms with Crippen LogP contribution >= 0.6 is 11.6 Å².